The average molecular weight is 304 g/mol. The van der Waals surface area contributed by atoms with E-state index in [1.807, 2.05) is 0 Å². The summed E-state index contributed by atoms with van der Waals surface area (Å²) in [5, 5.41) is 0. The molecule has 0 saturated heterocycles. The van der Waals surface area contributed by atoms with Crippen molar-refractivity contribution in [1.29, 1.82) is 0 Å². The van der Waals surface area contributed by atoms with Crippen molar-refractivity contribution < 1.29 is 0 Å². The number of hydrogen-bond donors (Lipinski definition) is 0. The van der Waals surface area contributed by atoms with Crippen molar-refractivity contribution in [1.82, 2.24) is 0 Å². The van der Waals surface area contributed by atoms with Gasteiger partial charge >= 0.3 is 0 Å². The summed E-state index contributed by atoms with van der Waals surface area (Å²) in [6.45, 7) is 2.77. The summed E-state index contributed by atoms with van der Waals surface area (Å²) in [5.74, 6) is 0. The zero-order chi connectivity index (χ0) is 15.9. The van der Waals surface area contributed by atoms with E-state index in [4.69, 9.17) is 0 Å². The lowest BCUT2D eigenvalue weighted by Gasteiger charge is -2.15. The van der Waals surface area contributed by atoms with Crippen LogP contribution in [0.1, 0.15) is 43.2 Å². The molecule has 2 aromatic carbocycles. The topological polar surface area (TPSA) is 24.7 Å². The van der Waals surface area contributed by atoms with Crippen LogP contribution in [0.4, 0.5) is 0 Å². The molecule has 118 valence electrons. The Labute approximate surface area is 139 Å². The Bertz CT molecular complexity index is 671. The quantitative estimate of drug-likeness (QED) is 0.650. The fourth-order valence-corrected chi connectivity index (χ4v) is 3.01. The van der Waals surface area contributed by atoms with E-state index in [0.717, 1.165) is 0 Å². The highest BCUT2D eigenvalue weighted by atomic mass is 14.8. The summed E-state index contributed by atoms with van der Waals surface area (Å²) in [6, 6.07) is 20.6. The molecule has 0 spiro atoms. The van der Waals surface area contributed by atoms with Gasteiger partial charge in [-0.3, -0.25) is 0 Å². The SMILES string of the molecule is Cc1ccc(-c2ccc(CN=C=NC3CCCCC3)cc2)cc1. The molecule has 1 aliphatic rings. The Morgan fingerprint density at radius 1 is 0.870 bits per heavy atom. The summed E-state index contributed by atoms with van der Waals surface area (Å²) in [4.78, 5) is 8.79. The maximum atomic E-state index is 4.45. The molecule has 0 radical (unpaired) electrons. The second-order valence-electron chi connectivity index (χ2n) is 6.40. The first kappa shape index (κ1) is 15.7. The van der Waals surface area contributed by atoms with E-state index in [-0.39, 0.29) is 0 Å². The van der Waals surface area contributed by atoms with Gasteiger partial charge in [0, 0.05) is 0 Å². The second kappa shape index (κ2) is 7.89. The van der Waals surface area contributed by atoms with Crippen LogP contribution in [0.15, 0.2) is 58.5 Å². The van der Waals surface area contributed by atoms with E-state index in [1.165, 1.54) is 54.4 Å². The number of nitrogens with zero attached hydrogens (tertiary/aromatic N) is 2. The van der Waals surface area contributed by atoms with E-state index >= 15 is 0 Å². The molecule has 0 unspecified atom stereocenters. The van der Waals surface area contributed by atoms with Crippen LogP contribution in [0.2, 0.25) is 0 Å². The lowest BCUT2D eigenvalue weighted by atomic mass is 9.96. The number of rotatable bonds is 4. The number of aryl methyl sites for hydroxylation is 1. The minimum absolute atomic E-state index is 0.455. The molecule has 0 aromatic heterocycles. The summed E-state index contributed by atoms with van der Waals surface area (Å²) in [6.07, 6.45) is 6.37. The Morgan fingerprint density at radius 2 is 1.48 bits per heavy atom. The molecule has 0 heterocycles. The second-order valence-corrected chi connectivity index (χ2v) is 6.40. The van der Waals surface area contributed by atoms with Crippen LogP contribution >= 0.6 is 0 Å². The van der Waals surface area contributed by atoms with Gasteiger partial charge in [-0.1, -0.05) is 73.4 Å². The molecule has 1 fully saturated rings. The number of aliphatic imine (C=N–C) groups is 2. The van der Waals surface area contributed by atoms with Gasteiger partial charge in [0.1, 0.15) is 0 Å². The third kappa shape index (κ3) is 4.64. The van der Waals surface area contributed by atoms with Crippen molar-refractivity contribution >= 4 is 6.01 Å². The van der Waals surface area contributed by atoms with Crippen LogP contribution in [0, 0.1) is 6.92 Å². The van der Waals surface area contributed by atoms with E-state index in [1.54, 1.807) is 0 Å². The molecular formula is C21H24N2. The third-order valence-electron chi connectivity index (χ3n) is 4.49. The first-order valence-electron chi connectivity index (χ1n) is 8.58. The van der Waals surface area contributed by atoms with Gasteiger partial charge in [-0.2, -0.15) is 0 Å². The fraction of sp³-hybridized carbons (Fsp3) is 0.381. The summed E-state index contributed by atoms with van der Waals surface area (Å²) < 4.78 is 0. The highest BCUT2D eigenvalue weighted by Crippen LogP contribution is 2.21. The maximum absolute atomic E-state index is 4.45. The van der Waals surface area contributed by atoms with Crippen molar-refractivity contribution in [2.75, 3.05) is 0 Å². The molecule has 2 heteroatoms. The average Bonchev–Trinajstić information content (AvgIpc) is 2.61. The molecule has 0 aliphatic heterocycles. The standard InChI is InChI=1S/C21H24N2/c1-17-7-11-19(12-8-17)20-13-9-18(10-14-20)15-22-16-23-21-5-3-2-4-6-21/h7-14,21H,2-6,15H2,1H3. The van der Waals surface area contributed by atoms with Crippen molar-refractivity contribution in [3.8, 4) is 11.1 Å². The van der Waals surface area contributed by atoms with Gasteiger partial charge < -0.3 is 0 Å². The summed E-state index contributed by atoms with van der Waals surface area (Å²) in [7, 11) is 0. The molecule has 3 rings (SSSR count). The predicted octanol–water partition coefficient (Wildman–Crippen LogP) is 5.67. The van der Waals surface area contributed by atoms with E-state index < -0.39 is 0 Å². The molecule has 2 aromatic rings. The van der Waals surface area contributed by atoms with Crippen LogP contribution < -0.4 is 0 Å². The van der Waals surface area contributed by atoms with Crippen LogP contribution in [0.3, 0.4) is 0 Å². The third-order valence-corrected chi connectivity index (χ3v) is 4.49. The zero-order valence-corrected chi connectivity index (χ0v) is 13.8. The summed E-state index contributed by atoms with van der Waals surface area (Å²) >= 11 is 0. The first-order valence-corrected chi connectivity index (χ1v) is 8.58. The monoisotopic (exact) mass is 304 g/mol. The van der Waals surface area contributed by atoms with Gasteiger partial charge in [-0.15, -0.1) is 0 Å². The van der Waals surface area contributed by atoms with E-state index in [2.05, 4.69) is 71.4 Å². The van der Waals surface area contributed by atoms with E-state index in [9.17, 15) is 0 Å². The molecule has 1 saturated carbocycles. The Kier molecular flexibility index (Phi) is 5.39. The number of benzene rings is 2. The largest absolute Gasteiger partial charge is 0.222 e. The van der Waals surface area contributed by atoms with Gasteiger partial charge in [-0.25, -0.2) is 9.98 Å². The smallest absolute Gasteiger partial charge is 0.0898 e. The Morgan fingerprint density at radius 3 is 2.13 bits per heavy atom. The fourth-order valence-electron chi connectivity index (χ4n) is 3.01. The van der Waals surface area contributed by atoms with Crippen LogP contribution in [-0.2, 0) is 6.54 Å². The van der Waals surface area contributed by atoms with Crippen LogP contribution in [0.25, 0.3) is 11.1 Å². The van der Waals surface area contributed by atoms with Crippen LogP contribution in [0.5, 0.6) is 0 Å². The Hall–Kier alpha value is -2.18. The van der Waals surface area contributed by atoms with Crippen molar-refractivity contribution in [2.24, 2.45) is 9.98 Å². The molecule has 1 aliphatic carbocycles. The van der Waals surface area contributed by atoms with Gasteiger partial charge in [0.15, 0.2) is 0 Å². The molecule has 0 bridgehead atoms. The Balaban J connectivity index is 1.59. The minimum Gasteiger partial charge on any atom is -0.222 e. The van der Waals surface area contributed by atoms with Gasteiger partial charge in [0.2, 0.25) is 0 Å². The molecule has 0 amide bonds. The normalized spacial score (nSPS) is 15.0. The van der Waals surface area contributed by atoms with E-state index in [0.29, 0.717) is 12.6 Å². The lowest BCUT2D eigenvalue weighted by molar-refractivity contribution is 0.444. The molecule has 0 N–H and O–H groups in total. The highest BCUT2D eigenvalue weighted by Gasteiger charge is 2.10. The zero-order valence-electron chi connectivity index (χ0n) is 13.8. The first-order chi connectivity index (χ1) is 11.3. The highest BCUT2D eigenvalue weighted by molar-refractivity contribution is 5.63. The van der Waals surface area contributed by atoms with Crippen LogP contribution in [-0.4, -0.2) is 12.1 Å². The summed E-state index contributed by atoms with van der Waals surface area (Å²) in [5.41, 5.74) is 4.99. The van der Waals surface area contributed by atoms with Gasteiger partial charge in [-0.05, 0) is 36.5 Å². The number of hydrogen-bond acceptors (Lipinski definition) is 2. The molecular weight excluding hydrogens is 280 g/mol. The van der Waals surface area contributed by atoms with Crippen molar-refractivity contribution in [3.05, 3.63) is 59.7 Å². The van der Waals surface area contributed by atoms with Gasteiger partial charge in [0.05, 0.1) is 18.6 Å². The van der Waals surface area contributed by atoms with Crippen molar-refractivity contribution in [3.63, 3.8) is 0 Å². The predicted molar refractivity (Wildman–Crippen MR) is 97.1 cm³/mol. The van der Waals surface area contributed by atoms with Gasteiger partial charge in [0.25, 0.3) is 0 Å². The minimum atomic E-state index is 0.455. The maximum Gasteiger partial charge on any atom is 0.0898 e. The molecule has 0 atom stereocenters. The molecule has 23 heavy (non-hydrogen) atoms. The van der Waals surface area contributed by atoms with Crippen molar-refractivity contribution in [2.45, 2.75) is 51.6 Å². The lowest BCUT2D eigenvalue weighted by Crippen LogP contribution is -2.08. The molecule has 2 nitrogen and oxygen atoms in total.